The number of fused-ring (bicyclic) bond motifs is 1. The summed E-state index contributed by atoms with van der Waals surface area (Å²) in [7, 11) is 1.59. The summed E-state index contributed by atoms with van der Waals surface area (Å²) in [6.07, 6.45) is 1.61. The molecule has 0 N–H and O–H groups in total. The maximum absolute atomic E-state index is 13.3. The molecule has 0 amide bonds. The lowest BCUT2D eigenvalue weighted by Gasteiger charge is -2.23. The average molecular weight is 506 g/mol. The molecule has 0 aliphatic heterocycles. The van der Waals surface area contributed by atoms with Gasteiger partial charge in [0.05, 0.1) is 24.2 Å². The quantitative estimate of drug-likeness (QED) is 0.317. The zero-order chi connectivity index (χ0) is 23.6. The fraction of sp³-hybridized carbons (Fsp3) is 0.192. The Bertz CT molecular complexity index is 1390. The summed E-state index contributed by atoms with van der Waals surface area (Å²) >= 11 is 3.58. The first-order chi connectivity index (χ1) is 15.8. The van der Waals surface area contributed by atoms with Crippen LogP contribution in [-0.2, 0) is 0 Å². The number of halogens is 1. The highest BCUT2D eigenvalue weighted by atomic mass is 79.9. The van der Waals surface area contributed by atoms with Crippen molar-refractivity contribution in [1.82, 2.24) is 9.66 Å². The van der Waals surface area contributed by atoms with Gasteiger partial charge in [0.1, 0.15) is 5.60 Å². The Morgan fingerprint density at radius 1 is 1.00 bits per heavy atom. The highest BCUT2D eigenvalue weighted by Crippen LogP contribution is 2.35. The van der Waals surface area contributed by atoms with E-state index in [1.54, 1.807) is 19.4 Å². The van der Waals surface area contributed by atoms with E-state index in [0.717, 1.165) is 15.6 Å². The normalized spacial score (nSPS) is 11.8. The van der Waals surface area contributed by atoms with Crippen LogP contribution in [0.3, 0.4) is 0 Å². The van der Waals surface area contributed by atoms with Crippen molar-refractivity contribution in [3.63, 3.8) is 0 Å². The van der Waals surface area contributed by atoms with Crippen LogP contribution in [0, 0.1) is 0 Å². The Kier molecular flexibility index (Phi) is 6.33. The van der Waals surface area contributed by atoms with E-state index in [2.05, 4.69) is 21.0 Å². The zero-order valence-corrected chi connectivity index (χ0v) is 20.5. The van der Waals surface area contributed by atoms with Gasteiger partial charge in [-0.15, -0.1) is 0 Å². The topological polar surface area (TPSA) is 65.7 Å². The first-order valence-electron chi connectivity index (χ1n) is 10.4. The summed E-state index contributed by atoms with van der Waals surface area (Å²) in [5.74, 6) is 1.65. The molecule has 4 aromatic rings. The Labute approximate surface area is 200 Å². The molecular weight excluding hydrogens is 482 g/mol. The highest BCUT2D eigenvalue weighted by molar-refractivity contribution is 9.10. The predicted molar refractivity (Wildman–Crippen MR) is 136 cm³/mol. The van der Waals surface area contributed by atoms with E-state index in [1.165, 1.54) is 4.68 Å². The molecule has 4 rings (SSSR count). The first kappa shape index (κ1) is 22.7. The number of nitrogens with zero attached hydrogens (tertiary/aromatic N) is 3. The molecule has 3 aromatic carbocycles. The fourth-order valence-electron chi connectivity index (χ4n) is 3.34. The second kappa shape index (κ2) is 9.19. The lowest BCUT2D eigenvalue weighted by Crippen LogP contribution is -2.23. The van der Waals surface area contributed by atoms with E-state index >= 15 is 0 Å². The summed E-state index contributed by atoms with van der Waals surface area (Å²) in [5.41, 5.74) is 1.53. The van der Waals surface area contributed by atoms with Crippen LogP contribution in [0.5, 0.6) is 11.5 Å². The summed E-state index contributed by atoms with van der Waals surface area (Å²) in [4.78, 5) is 18.0. The van der Waals surface area contributed by atoms with Crippen LogP contribution in [-0.4, -0.2) is 28.6 Å². The van der Waals surface area contributed by atoms with Crippen LogP contribution >= 0.6 is 15.9 Å². The molecule has 0 atom stereocenters. The molecule has 0 fully saturated rings. The molecule has 0 spiro atoms. The van der Waals surface area contributed by atoms with E-state index in [0.29, 0.717) is 28.2 Å². The first-order valence-corrected chi connectivity index (χ1v) is 11.2. The molecule has 0 saturated carbocycles. The maximum Gasteiger partial charge on any atom is 0.282 e. The van der Waals surface area contributed by atoms with E-state index < -0.39 is 0 Å². The minimum absolute atomic E-state index is 0.244. The molecule has 33 heavy (non-hydrogen) atoms. The molecule has 168 valence electrons. The number of ether oxygens (including phenoxy) is 2. The molecule has 1 heterocycles. The lowest BCUT2D eigenvalue weighted by atomic mass is 10.1. The molecule has 0 bridgehead atoms. The van der Waals surface area contributed by atoms with Crippen LogP contribution in [0.25, 0.3) is 22.3 Å². The Hall–Kier alpha value is -3.45. The Morgan fingerprint density at radius 3 is 2.39 bits per heavy atom. The molecule has 0 aliphatic carbocycles. The van der Waals surface area contributed by atoms with Crippen molar-refractivity contribution < 1.29 is 9.47 Å². The molecule has 0 saturated heterocycles. The van der Waals surface area contributed by atoms with Gasteiger partial charge in [0.25, 0.3) is 5.56 Å². The number of hydrogen-bond acceptors (Lipinski definition) is 5. The van der Waals surface area contributed by atoms with Crippen LogP contribution < -0.4 is 15.0 Å². The third kappa shape index (κ3) is 4.98. The SMILES string of the molecule is COc1cc(C=Nn2c(-c3ccccc3)nc3ccccc3c2=O)c(Br)cc1OC(C)(C)C. The van der Waals surface area contributed by atoms with Crippen LogP contribution in [0.2, 0.25) is 0 Å². The van der Waals surface area contributed by atoms with Gasteiger partial charge in [-0.2, -0.15) is 9.78 Å². The highest BCUT2D eigenvalue weighted by Gasteiger charge is 2.17. The van der Waals surface area contributed by atoms with Crippen LogP contribution in [0.1, 0.15) is 26.3 Å². The number of benzene rings is 3. The van der Waals surface area contributed by atoms with Gasteiger partial charge in [-0.1, -0.05) is 42.5 Å². The van der Waals surface area contributed by atoms with Gasteiger partial charge in [0, 0.05) is 15.6 Å². The maximum atomic E-state index is 13.3. The lowest BCUT2D eigenvalue weighted by molar-refractivity contribution is 0.125. The number of methoxy groups -OCH3 is 1. The van der Waals surface area contributed by atoms with Gasteiger partial charge < -0.3 is 9.47 Å². The van der Waals surface area contributed by atoms with Gasteiger partial charge >= 0.3 is 0 Å². The van der Waals surface area contributed by atoms with Gasteiger partial charge in [-0.05, 0) is 61.0 Å². The van der Waals surface area contributed by atoms with Crippen molar-refractivity contribution in [3.8, 4) is 22.9 Å². The van der Waals surface area contributed by atoms with Gasteiger partial charge in [-0.3, -0.25) is 4.79 Å². The van der Waals surface area contributed by atoms with E-state index in [1.807, 2.05) is 81.4 Å². The molecule has 0 radical (unpaired) electrons. The van der Waals surface area contributed by atoms with Crippen LogP contribution in [0.4, 0.5) is 0 Å². The molecule has 7 heteroatoms. The van der Waals surface area contributed by atoms with Crippen molar-refractivity contribution in [3.05, 3.63) is 87.1 Å². The summed E-state index contributed by atoms with van der Waals surface area (Å²) in [5, 5.41) is 5.03. The van der Waals surface area contributed by atoms with E-state index in [9.17, 15) is 4.79 Å². The minimum atomic E-state index is -0.378. The average Bonchev–Trinajstić information content (AvgIpc) is 2.79. The van der Waals surface area contributed by atoms with Gasteiger partial charge in [0.2, 0.25) is 0 Å². The minimum Gasteiger partial charge on any atom is -0.493 e. The molecular formula is C26H24BrN3O3. The molecule has 1 aromatic heterocycles. The predicted octanol–water partition coefficient (Wildman–Crippen LogP) is 5.89. The Morgan fingerprint density at radius 2 is 1.70 bits per heavy atom. The summed E-state index contributed by atoms with van der Waals surface area (Å²) in [6, 6.07) is 20.4. The monoisotopic (exact) mass is 505 g/mol. The van der Waals surface area contributed by atoms with Crippen molar-refractivity contribution >= 4 is 33.0 Å². The van der Waals surface area contributed by atoms with E-state index in [-0.39, 0.29) is 11.2 Å². The second-order valence-corrected chi connectivity index (χ2v) is 9.27. The van der Waals surface area contributed by atoms with Crippen molar-refractivity contribution in [1.29, 1.82) is 0 Å². The van der Waals surface area contributed by atoms with Gasteiger partial charge in [0.15, 0.2) is 17.3 Å². The third-order valence-electron chi connectivity index (χ3n) is 4.80. The zero-order valence-electron chi connectivity index (χ0n) is 18.9. The molecule has 0 unspecified atom stereocenters. The van der Waals surface area contributed by atoms with Crippen molar-refractivity contribution in [2.24, 2.45) is 5.10 Å². The molecule has 0 aliphatic rings. The fourth-order valence-corrected chi connectivity index (χ4v) is 3.77. The third-order valence-corrected chi connectivity index (χ3v) is 5.48. The van der Waals surface area contributed by atoms with Gasteiger partial charge in [-0.25, -0.2) is 4.98 Å². The van der Waals surface area contributed by atoms with Crippen molar-refractivity contribution in [2.75, 3.05) is 7.11 Å². The number of rotatable bonds is 5. The number of aromatic nitrogens is 2. The Balaban J connectivity index is 1.85. The molecule has 6 nitrogen and oxygen atoms in total. The standard InChI is InChI=1S/C26H24BrN3O3/c1-26(2,3)33-23-15-20(27)18(14-22(23)32-4)16-28-30-24(17-10-6-5-7-11-17)29-21-13-9-8-12-19(21)25(30)31/h5-16H,1-4H3. The largest absolute Gasteiger partial charge is 0.493 e. The smallest absolute Gasteiger partial charge is 0.282 e. The van der Waals surface area contributed by atoms with Crippen LogP contribution in [0.15, 0.2) is 81.1 Å². The second-order valence-electron chi connectivity index (χ2n) is 8.42. The van der Waals surface area contributed by atoms with Crippen molar-refractivity contribution in [2.45, 2.75) is 26.4 Å². The number of hydrogen-bond donors (Lipinski definition) is 0. The summed E-state index contributed by atoms with van der Waals surface area (Å²) in [6.45, 7) is 5.92. The van der Waals surface area contributed by atoms with E-state index in [4.69, 9.17) is 14.5 Å². The summed E-state index contributed by atoms with van der Waals surface area (Å²) < 4.78 is 13.6. The number of para-hydroxylation sites is 1.